The SMILES string of the molecule is CN(Cc1cccs1)S(=O)(=O)Cc1cccc(C(=O)O)c1. The van der Waals surface area contributed by atoms with Crippen LogP contribution in [0.1, 0.15) is 20.8 Å². The third kappa shape index (κ3) is 4.13. The van der Waals surface area contributed by atoms with E-state index < -0.39 is 16.0 Å². The lowest BCUT2D eigenvalue weighted by Crippen LogP contribution is -2.27. The predicted octanol–water partition coefficient (Wildman–Crippen LogP) is 2.41. The molecule has 1 heterocycles. The quantitative estimate of drug-likeness (QED) is 0.885. The summed E-state index contributed by atoms with van der Waals surface area (Å²) in [5.41, 5.74) is 0.552. The number of benzene rings is 1. The Hall–Kier alpha value is -1.70. The van der Waals surface area contributed by atoms with E-state index in [-0.39, 0.29) is 11.3 Å². The summed E-state index contributed by atoms with van der Waals surface area (Å²) in [6, 6.07) is 9.74. The van der Waals surface area contributed by atoms with Crippen molar-refractivity contribution in [1.82, 2.24) is 4.31 Å². The monoisotopic (exact) mass is 325 g/mol. The second-order valence-electron chi connectivity index (χ2n) is 4.60. The van der Waals surface area contributed by atoms with Crippen molar-refractivity contribution in [2.75, 3.05) is 7.05 Å². The Balaban J connectivity index is 2.13. The summed E-state index contributed by atoms with van der Waals surface area (Å²) in [6.45, 7) is 0.318. The molecule has 2 aromatic rings. The van der Waals surface area contributed by atoms with Gasteiger partial charge in [-0.05, 0) is 29.1 Å². The molecule has 0 bridgehead atoms. The average Bonchev–Trinajstić information content (AvgIpc) is 2.91. The lowest BCUT2D eigenvalue weighted by Gasteiger charge is -2.16. The molecule has 0 saturated carbocycles. The minimum Gasteiger partial charge on any atom is -0.478 e. The van der Waals surface area contributed by atoms with Crippen LogP contribution in [-0.2, 0) is 22.3 Å². The highest BCUT2D eigenvalue weighted by molar-refractivity contribution is 7.88. The third-order valence-electron chi connectivity index (χ3n) is 2.96. The smallest absolute Gasteiger partial charge is 0.335 e. The Morgan fingerprint density at radius 3 is 2.67 bits per heavy atom. The summed E-state index contributed by atoms with van der Waals surface area (Å²) in [6.07, 6.45) is 0. The van der Waals surface area contributed by atoms with Crippen LogP contribution in [0.3, 0.4) is 0 Å². The fourth-order valence-corrected chi connectivity index (χ4v) is 3.83. The molecule has 7 heteroatoms. The number of nitrogens with zero attached hydrogens (tertiary/aromatic N) is 1. The molecule has 0 aliphatic carbocycles. The van der Waals surface area contributed by atoms with Gasteiger partial charge in [0.25, 0.3) is 0 Å². The lowest BCUT2D eigenvalue weighted by molar-refractivity contribution is 0.0696. The normalized spacial score (nSPS) is 11.7. The topological polar surface area (TPSA) is 74.7 Å². The molecular formula is C14H15NO4S2. The first kappa shape index (κ1) is 15.7. The van der Waals surface area contributed by atoms with Crippen molar-refractivity contribution >= 4 is 27.3 Å². The van der Waals surface area contributed by atoms with Crippen molar-refractivity contribution in [3.05, 3.63) is 57.8 Å². The Morgan fingerprint density at radius 1 is 1.29 bits per heavy atom. The van der Waals surface area contributed by atoms with Crippen LogP contribution in [0.2, 0.25) is 0 Å². The number of aromatic carboxylic acids is 1. The molecule has 0 unspecified atom stereocenters. The van der Waals surface area contributed by atoms with Crippen molar-refractivity contribution in [2.45, 2.75) is 12.3 Å². The van der Waals surface area contributed by atoms with Gasteiger partial charge in [-0.1, -0.05) is 18.2 Å². The number of carbonyl (C=O) groups is 1. The van der Waals surface area contributed by atoms with Gasteiger partial charge < -0.3 is 5.11 Å². The van der Waals surface area contributed by atoms with Crippen molar-refractivity contribution in [3.63, 3.8) is 0 Å². The van der Waals surface area contributed by atoms with Gasteiger partial charge >= 0.3 is 5.97 Å². The van der Waals surface area contributed by atoms with Crippen LogP contribution >= 0.6 is 11.3 Å². The number of hydrogen-bond acceptors (Lipinski definition) is 4. The maximum absolute atomic E-state index is 12.3. The summed E-state index contributed by atoms with van der Waals surface area (Å²) >= 11 is 1.50. The van der Waals surface area contributed by atoms with Gasteiger partial charge in [-0.25, -0.2) is 13.2 Å². The molecular weight excluding hydrogens is 310 g/mol. The van der Waals surface area contributed by atoms with E-state index in [1.54, 1.807) is 12.1 Å². The number of carboxylic acids is 1. The standard InChI is InChI=1S/C14H15NO4S2/c1-15(9-13-6-3-7-20-13)21(18,19)10-11-4-2-5-12(8-11)14(16)17/h2-8H,9-10H2,1H3,(H,16,17). The molecule has 5 nitrogen and oxygen atoms in total. The van der Waals surface area contributed by atoms with Crippen LogP contribution < -0.4 is 0 Å². The minimum atomic E-state index is -3.48. The van der Waals surface area contributed by atoms with Gasteiger partial charge in [0.1, 0.15) is 0 Å². The van der Waals surface area contributed by atoms with E-state index in [9.17, 15) is 13.2 Å². The Kier molecular flexibility index (Phi) is 4.76. The van der Waals surface area contributed by atoms with Crippen molar-refractivity contribution in [1.29, 1.82) is 0 Å². The first-order valence-electron chi connectivity index (χ1n) is 6.17. The fraction of sp³-hybridized carbons (Fsp3) is 0.214. The number of thiophene rings is 1. The Morgan fingerprint density at radius 2 is 2.05 bits per heavy atom. The van der Waals surface area contributed by atoms with E-state index in [0.717, 1.165) is 4.88 Å². The van der Waals surface area contributed by atoms with Crippen LogP contribution in [0.15, 0.2) is 41.8 Å². The number of sulfonamides is 1. The van der Waals surface area contributed by atoms with E-state index in [1.807, 2.05) is 17.5 Å². The Bertz CT molecular complexity index is 723. The first-order chi connectivity index (χ1) is 9.88. The van der Waals surface area contributed by atoms with Gasteiger partial charge in [-0.2, -0.15) is 4.31 Å². The first-order valence-corrected chi connectivity index (χ1v) is 8.66. The summed E-state index contributed by atoms with van der Waals surface area (Å²) in [4.78, 5) is 11.9. The predicted molar refractivity (Wildman–Crippen MR) is 81.8 cm³/mol. The molecule has 0 aliphatic rings. The lowest BCUT2D eigenvalue weighted by atomic mass is 10.1. The molecule has 112 valence electrons. The summed E-state index contributed by atoms with van der Waals surface area (Å²) in [7, 11) is -1.96. The highest BCUT2D eigenvalue weighted by Gasteiger charge is 2.19. The van der Waals surface area contributed by atoms with Gasteiger partial charge in [-0.3, -0.25) is 0 Å². The van der Waals surface area contributed by atoms with Crippen LogP contribution in [0.5, 0.6) is 0 Å². The average molecular weight is 325 g/mol. The van der Waals surface area contributed by atoms with Crippen LogP contribution in [-0.4, -0.2) is 30.8 Å². The molecule has 0 aliphatic heterocycles. The second kappa shape index (κ2) is 6.38. The number of carboxylic acid groups (broad SMARTS) is 1. The van der Waals surface area contributed by atoms with Crippen LogP contribution in [0.25, 0.3) is 0 Å². The van der Waals surface area contributed by atoms with Gasteiger partial charge in [-0.15, -0.1) is 11.3 Å². The number of hydrogen-bond donors (Lipinski definition) is 1. The van der Waals surface area contributed by atoms with E-state index in [0.29, 0.717) is 12.1 Å². The zero-order valence-electron chi connectivity index (χ0n) is 11.4. The molecule has 1 N–H and O–H groups in total. The molecule has 0 atom stereocenters. The highest BCUT2D eigenvalue weighted by Crippen LogP contribution is 2.16. The van der Waals surface area contributed by atoms with Gasteiger partial charge in [0.2, 0.25) is 10.0 Å². The van der Waals surface area contributed by atoms with Gasteiger partial charge in [0.05, 0.1) is 11.3 Å². The highest BCUT2D eigenvalue weighted by atomic mass is 32.2. The zero-order chi connectivity index (χ0) is 15.5. The summed E-state index contributed by atoms with van der Waals surface area (Å²) < 4.78 is 25.9. The van der Waals surface area contributed by atoms with E-state index in [1.165, 1.54) is 34.8 Å². The zero-order valence-corrected chi connectivity index (χ0v) is 13.0. The van der Waals surface area contributed by atoms with E-state index in [4.69, 9.17) is 5.11 Å². The van der Waals surface area contributed by atoms with Gasteiger partial charge in [0, 0.05) is 18.5 Å². The maximum Gasteiger partial charge on any atom is 0.335 e. The third-order valence-corrected chi connectivity index (χ3v) is 5.59. The molecule has 1 aromatic carbocycles. The molecule has 0 fully saturated rings. The van der Waals surface area contributed by atoms with Crippen molar-refractivity contribution in [2.24, 2.45) is 0 Å². The largest absolute Gasteiger partial charge is 0.478 e. The van der Waals surface area contributed by atoms with Crippen LogP contribution in [0, 0.1) is 0 Å². The number of rotatable bonds is 6. The molecule has 0 amide bonds. The van der Waals surface area contributed by atoms with E-state index >= 15 is 0 Å². The molecule has 0 saturated heterocycles. The van der Waals surface area contributed by atoms with Crippen LogP contribution in [0.4, 0.5) is 0 Å². The second-order valence-corrected chi connectivity index (χ2v) is 7.71. The molecule has 21 heavy (non-hydrogen) atoms. The molecule has 1 aromatic heterocycles. The fourth-order valence-electron chi connectivity index (χ4n) is 1.84. The maximum atomic E-state index is 12.3. The molecule has 2 rings (SSSR count). The summed E-state index contributed by atoms with van der Waals surface area (Å²) in [5.74, 6) is -1.28. The minimum absolute atomic E-state index is 0.0867. The Labute approximate surface area is 127 Å². The van der Waals surface area contributed by atoms with Crippen molar-refractivity contribution in [3.8, 4) is 0 Å². The van der Waals surface area contributed by atoms with E-state index in [2.05, 4.69) is 0 Å². The van der Waals surface area contributed by atoms with Crippen molar-refractivity contribution < 1.29 is 18.3 Å². The van der Waals surface area contributed by atoms with Gasteiger partial charge in [0.15, 0.2) is 0 Å². The molecule has 0 spiro atoms. The summed E-state index contributed by atoms with van der Waals surface area (Å²) in [5, 5.41) is 10.8. The molecule has 0 radical (unpaired) electrons.